The standard InChI is InChI=1S/C19H16BrN7O2/c1-11-4-3-5-14(8-11)22-16-17(24-19-18(23-16)26-29-27-19)25-21-10-12-9-13(20)6-7-15(12)28-2/h3-10H,1-2H3,(H,22,23,26)(H,24,25,27)/b21-10+. The Balaban J connectivity index is 1.64. The number of halogens is 1. The van der Waals surface area contributed by atoms with Gasteiger partial charge in [0.2, 0.25) is 11.3 Å². The van der Waals surface area contributed by atoms with E-state index in [9.17, 15) is 0 Å². The van der Waals surface area contributed by atoms with Gasteiger partial charge in [-0.1, -0.05) is 28.1 Å². The van der Waals surface area contributed by atoms with Gasteiger partial charge >= 0.3 is 0 Å². The molecule has 0 saturated carbocycles. The fraction of sp³-hybridized carbons (Fsp3) is 0.105. The van der Waals surface area contributed by atoms with Gasteiger partial charge in [0.25, 0.3) is 0 Å². The molecule has 9 nitrogen and oxygen atoms in total. The number of fused-ring (bicyclic) bond motifs is 1. The molecule has 0 bridgehead atoms. The zero-order chi connectivity index (χ0) is 20.2. The van der Waals surface area contributed by atoms with Gasteiger partial charge in [0.15, 0.2) is 11.6 Å². The molecule has 4 rings (SSSR count). The van der Waals surface area contributed by atoms with E-state index in [0.717, 1.165) is 21.3 Å². The van der Waals surface area contributed by atoms with Crippen LogP contribution in [0.3, 0.4) is 0 Å². The highest BCUT2D eigenvalue weighted by Gasteiger charge is 2.13. The molecule has 0 radical (unpaired) electrons. The minimum atomic E-state index is 0.275. The third kappa shape index (κ3) is 4.32. The Morgan fingerprint density at radius 1 is 1.07 bits per heavy atom. The van der Waals surface area contributed by atoms with Crippen molar-refractivity contribution >= 4 is 50.8 Å². The molecule has 0 amide bonds. The molecule has 0 fully saturated rings. The van der Waals surface area contributed by atoms with E-state index in [2.05, 4.69) is 52.1 Å². The summed E-state index contributed by atoms with van der Waals surface area (Å²) >= 11 is 3.44. The lowest BCUT2D eigenvalue weighted by atomic mass is 10.2. The molecule has 2 heterocycles. The summed E-state index contributed by atoms with van der Waals surface area (Å²) in [4.78, 5) is 8.81. The van der Waals surface area contributed by atoms with Gasteiger partial charge in [-0.05, 0) is 53.1 Å². The minimum Gasteiger partial charge on any atom is -0.496 e. The smallest absolute Gasteiger partial charge is 0.245 e. The second-order valence-corrected chi connectivity index (χ2v) is 7.00. The second kappa shape index (κ2) is 8.23. The number of hydrogen-bond acceptors (Lipinski definition) is 9. The van der Waals surface area contributed by atoms with Crippen LogP contribution in [0.2, 0.25) is 0 Å². The van der Waals surface area contributed by atoms with Crippen molar-refractivity contribution in [2.24, 2.45) is 5.10 Å². The molecule has 4 aromatic rings. The normalized spacial score (nSPS) is 11.1. The average molecular weight is 454 g/mol. The first-order chi connectivity index (χ1) is 14.1. The van der Waals surface area contributed by atoms with Gasteiger partial charge in [0.05, 0.1) is 13.3 Å². The van der Waals surface area contributed by atoms with Crippen molar-refractivity contribution in [3.8, 4) is 5.75 Å². The van der Waals surface area contributed by atoms with Crippen molar-refractivity contribution in [2.75, 3.05) is 17.9 Å². The van der Waals surface area contributed by atoms with E-state index in [1.165, 1.54) is 0 Å². The Bertz CT molecular complexity index is 1190. The van der Waals surface area contributed by atoms with E-state index < -0.39 is 0 Å². The van der Waals surface area contributed by atoms with Crippen LogP contribution in [0, 0.1) is 6.92 Å². The summed E-state index contributed by atoms with van der Waals surface area (Å²) in [6.07, 6.45) is 1.63. The van der Waals surface area contributed by atoms with Crippen molar-refractivity contribution in [1.82, 2.24) is 20.3 Å². The predicted octanol–water partition coefficient (Wildman–Crippen LogP) is 4.28. The molecule has 0 unspecified atom stereocenters. The fourth-order valence-corrected chi connectivity index (χ4v) is 3.01. The van der Waals surface area contributed by atoms with E-state index in [1.54, 1.807) is 13.3 Å². The highest BCUT2D eigenvalue weighted by molar-refractivity contribution is 9.10. The van der Waals surface area contributed by atoms with E-state index >= 15 is 0 Å². The van der Waals surface area contributed by atoms with Crippen LogP contribution in [0.5, 0.6) is 5.75 Å². The van der Waals surface area contributed by atoms with Crippen LogP contribution in [0.4, 0.5) is 17.3 Å². The number of nitrogens with one attached hydrogen (secondary N) is 2. The third-order valence-electron chi connectivity index (χ3n) is 3.96. The van der Waals surface area contributed by atoms with Crippen LogP contribution >= 0.6 is 15.9 Å². The number of nitrogens with zero attached hydrogens (tertiary/aromatic N) is 5. The average Bonchev–Trinajstić information content (AvgIpc) is 3.15. The molecule has 0 atom stereocenters. The molecule has 0 spiro atoms. The quantitative estimate of drug-likeness (QED) is 0.328. The number of anilines is 3. The molecule has 146 valence electrons. The van der Waals surface area contributed by atoms with Gasteiger partial charge in [-0.2, -0.15) is 10.1 Å². The Morgan fingerprint density at radius 2 is 1.86 bits per heavy atom. The number of methoxy groups -OCH3 is 1. The Labute approximate surface area is 174 Å². The van der Waals surface area contributed by atoms with Crippen LogP contribution in [0.15, 0.2) is 56.7 Å². The van der Waals surface area contributed by atoms with Crippen LogP contribution in [-0.4, -0.2) is 33.6 Å². The maximum atomic E-state index is 5.35. The number of aromatic nitrogens is 4. The van der Waals surface area contributed by atoms with Gasteiger partial charge < -0.3 is 10.1 Å². The molecule has 2 aromatic heterocycles. The molecule has 0 aliphatic rings. The van der Waals surface area contributed by atoms with Crippen LogP contribution < -0.4 is 15.5 Å². The number of hydrogen-bond donors (Lipinski definition) is 2. The van der Waals surface area contributed by atoms with Gasteiger partial charge in [0.1, 0.15) is 5.75 Å². The van der Waals surface area contributed by atoms with E-state index in [4.69, 9.17) is 9.37 Å². The summed E-state index contributed by atoms with van der Waals surface area (Å²) in [7, 11) is 1.61. The van der Waals surface area contributed by atoms with Crippen LogP contribution in [0.1, 0.15) is 11.1 Å². The highest BCUT2D eigenvalue weighted by Crippen LogP contribution is 2.25. The number of benzene rings is 2. The first kappa shape index (κ1) is 18.8. The first-order valence-corrected chi connectivity index (χ1v) is 9.38. The number of hydrazone groups is 1. The van der Waals surface area contributed by atoms with Gasteiger partial charge in [0, 0.05) is 15.7 Å². The summed E-state index contributed by atoms with van der Waals surface area (Å²) in [5.74, 6) is 1.51. The van der Waals surface area contributed by atoms with E-state index in [0.29, 0.717) is 23.0 Å². The van der Waals surface area contributed by atoms with Crippen molar-refractivity contribution in [3.63, 3.8) is 0 Å². The van der Waals surface area contributed by atoms with E-state index in [1.807, 2.05) is 49.4 Å². The molecule has 0 saturated heterocycles. The Morgan fingerprint density at radius 3 is 2.62 bits per heavy atom. The third-order valence-corrected chi connectivity index (χ3v) is 4.45. The number of aryl methyl sites for hydroxylation is 1. The molecule has 29 heavy (non-hydrogen) atoms. The zero-order valence-electron chi connectivity index (χ0n) is 15.5. The SMILES string of the molecule is COc1ccc(Br)cc1/C=N/Nc1nc2nonc2nc1Nc1cccc(C)c1. The summed E-state index contributed by atoms with van der Waals surface area (Å²) in [6.45, 7) is 2.01. The molecule has 2 aromatic carbocycles. The van der Waals surface area contributed by atoms with Crippen LogP contribution in [-0.2, 0) is 0 Å². The molecule has 10 heteroatoms. The second-order valence-electron chi connectivity index (χ2n) is 6.08. The maximum Gasteiger partial charge on any atom is 0.245 e. The Kier molecular flexibility index (Phi) is 5.34. The van der Waals surface area contributed by atoms with Gasteiger partial charge in [-0.25, -0.2) is 9.61 Å². The predicted molar refractivity (Wildman–Crippen MR) is 114 cm³/mol. The fourth-order valence-electron chi connectivity index (χ4n) is 2.63. The lowest BCUT2D eigenvalue weighted by molar-refractivity contribution is 0.314. The largest absolute Gasteiger partial charge is 0.496 e. The van der Waals surface area contributed by atoms with Crippen molar-refractivity contribution in [1.29, 1.82) is 0 Å². The lowest BCUT2D eigenvalue weighted by Crippen LogP contribution is -2.03. The first-order valence-electron chi connectivity index (χ1n) is 8.59. The van der Waals surface area contributed by atoms with Gasteiger partial charge in [-0.15, -0.1) is 0 Å². The summed E-state index contributed by atoms with van der Waals surface area (Å²) in [6, 6.07) is 13.5. The molecular weight excluding hydrogens is 438 g/mol. The van der Waals surface area contributed by atoms with E-state index in [-0.39, 0.29) is 5.65 Å². The van der Waals surface area contributed by atoms with Crippen LogP contribution in [0.25, 0.3) is 11.3 Å². The van der Waals surface area contributed by atoms with Crippen molar-refractivity contribution < 1.29 is 9.37 Å². The summed E-state index contributed by atoms with van der Waals surface area (Å²) in [5, 5.41) is 15.0. The van der Waals surface area contributed by atoms with Gasteiger partial charge in [-0.3, -0.25) is 5.43 Å². The maximum absolute atomic E-state index is 5.35. The summed E-state index contributed by atoms with van der Waals surface area (Å²) < 4.78 is 11.0. The minimum absolute atomic E-state index is 0.275. The zero-order valence-corrected chi connectivity index (χ0v) is 17.1. The number of rotatable bonds is 6. The summed E-state index contributed by atoms with van der Waals surface area (Å²) in [5.41, 5.74) is 6.23. The molecule has 0 aliphatic heterocycles. The Hall–Kier alpha value is -3.53. The number of ether oxygens (including phenoxy) is 1. The van der Waals surface area contributed by atoms with Crippen molar-refractivity contribution in [2.45, 2.75) is 6.92 Å². The van der Waals surface area contributed by atoms with Crippen molar-refractivity contribution in [3.05, 3.63) is 58.1 Å². The molecule has 0 aliphatic carbocycles. The molecular formula is C19H16BrN7O2. The topological polar surface area (TPSA) is 110 Å². The molecule has 2 N–H and O–H groups in total. The highest BCUT2D eigenvalue weighted by atomic mass is 79.9. The monoisotopic (exact) mass is 453 g/mol. The lowest BCUT2D eigenvalue weighted by Gasteiger charge is -2.10.